The van der Waals surface area contributed by atoms with Crippen LogP contribution in [0, 0.1) is 0 Å². The molecule has 2 amide bonds. The van der Waals surface area contributed by atoms with Crippen LogP contribution in [0.2, 0.25) is 0 Å². The minimum absolute atomic E-state index is 0.191. The van der Waals surface area contributed by atoms with Gasteiger partial charge in [0.15, 0.2) is 0 Å². The van der Waals surface area contributed by atoms with Crippen molar-refractivity contribution in [1.29, 1.82) is 0 Å². The number of carbonyl (C=O) groups excluding carboxylic acids is 2. The number of carbonyl (C=O) groups is 2. The van der Waals surface area contributed by atoms with Crippen molar-refractivity contribution in [3.63, 3.8) is 0 Å². The topological polar surface area (TPSA) is 71.1 Å². The highest BCUT2D eigenvalue weighted by Crippen LogP contribution is 2.12. The van der Waals surface area contributed by atoms with Crippen molar-refractivity contribution in [2.24, 2.45) is 0 Å². The molecule has 22 heavy (non-hydrogen) atoms. The Morgan fingerprint density at radius 2 is 2.00 bits per heavy atom. The third-order valence-corrected chi connectivity index (χ3v) is 3.95. The molecule has 2 aromatic rings. The second kappa shape index (κ2) is 7.79. The van der Waals surface area contributed by atoms with Crippen molar-refractivity contribution in [2.45, 2.75) is 12.5 Å². The lowest BCUT2D eigenvalue weighted by Gasteiger charge is -2.16. The summed E-state index contributed by atoms with van der Waals surface area (Å²) in [5.74, 6) is 0.271. The smallest absolute Gasteiger partial charge is 0.270 e. The molecular formula is C16H19N3O2S. The zero-order valence-corrected chi connectivity index (χ0v) is 13.4. The summed E-state index contributed by atoms with van der Waals surface area (Å²) < 4.78 is 0. The number of aromatic nitrogens is 1. The Morgan fingerprint density at radius 3 is 2.73 bits per heavy atom. The maximum absolute atomic E-state index is 12.3. The maximum Gasteiger partial charge on any atom is 0.270 e. The number of nitrogens with one attached hydrogen (secondary N) is 2. The molecule has 0 saturated heterocycles. The number of pyridine rings is 1. The second-order valence-corrected chi connectivity index (χ2v) is 5.80. The van der Waals surface area contributed by atoms with Crippen molar-refractivity contribution >= 4 is 34.5 Å². The molecule has 0 aliphatic rings. The molecule has 0 aliphatic heterocycles. The molecule has 1 heterocycles. The van der Waals surface area contributed by atoms with Crippen LogP contribution >= 0.6 is 11.8 Å². The third-order valence-electron chi connectivity index (χ3n) is 3.31. The number of hydrogen-bond acceptors (Lipinski definition) is 4. The number of benzene rings is 1. The Labute approximate surface area is 133 Å². The molecule has 116 valence electrons. The van der Waals surface area contributed by atoms with Gasteiger partial charge in [0.1, 0.15) is 11.7 Å². The normalized spacial score (nSPS) is 11.9. The molecule has 0 radical (unpaired) electrons. The van der Waals surface area contributed by atoms with Crippen LogP contribution in [0.5, 0.6) is 0 Å². The van der Waals surface area contributed by atoms with Crippen LogP contribution in [0.25, 0.3) is 10.9 Å². The van der Waals surface area contributed by atoms with Crippen LogP contribution in [0.15, 0.2) is 36.4 Å². The Kier molecular flexibility index (Phi) is 5.77. The van der Waals surface area contributed by atoms with Gasteiger partial charge in [-0.1, -0.05) is 24.3 Å². The average molecular weight is 317 g/mol. The van der Waals surface area contributed by atoms with Gasteiger partial charge in [0.05, 0.1) is 5.52 Å². The maximum atomic E-state index is 12.3. The number of para-hydroxylation sites is 1. The van der Waals surface area contributed by atoms with E-state index in [1.807, 2.05) is 36.6 Å². The van der Waals surface area contributed by atoms with E-state index in [-0.39, 0.29) is 11.8 Å². The highest BCUT2D eigenvalue weighted by atomic mass is 32.2. The van der Waals surface area contributed by atoms with Crippen LogP contribution < -0.4 is 10.6 Å². The molecule has 1 atom stereocenters. The number of likely N-dealkylation sites (N-methyl/N-ethyl adjacent to an activating group) is 1. The Balaban J connectivity index is 2.15. The lowest BCUT2D eigenvalue weighted by Crippen LogP contribution is -2.46. The quantitative estimate of drug-likeness (QED) is 0.853. The third kappa shape index (κ3) is 3.98. The summed E-state index contributed by atoms with van der Waals surface area (Å²) in [6.45, 7) is 0. The first kappa shape index (κ1) is 16.3. The fourth-order valence-corrected chi connectivity index (χ4v) is 2.57. The fourth-order valence-electron chi connectivity index (χ4n) is 2.10. The predicted molar refractivity (Wildman–Crippen MR) is 90.1 cm³/mol. The molecule has 5 nitrogen and oxygen atoms in total. The van der Waals surface area contributed by atoms with Gasteiger partial charge in [-0.25, -0.2) is 4.98 Å². The number of thioether (sulfide) groups is 1. The zero-order valence-electron chi connectivity index (χ0n) is 12.6. The van der Waals surface area contributed by atoms with E-state index in [4.69, 9.17) is 0 Å². The van der Waals surface area contributed by atoms with Crippen LogP contribution in [0.1, 0.15) is 16.9 Å². The molecule has 0 saturated carbocycles. The molecule has 0 unspecified atom stereocenters. The summed E-state index contributed by atoms with van der Waals surface area (Å²) in [4.78, 5) is 28.5. The highest BCUT2D eigenvalue weighted by Gasteiger charge is 2.20. The summed E-state index contributed by atoms with van der Waals surface area (Å²) in [7, 11) is 1.56. The zero-order chi connectivity index (χ0) is 15.9. The summed E-state index contributed by atoms with van der Waals surface area (Å²) in [6, 6.07) is 10.6. The molecule has 0 aliphatic carbocycles. The first-order chi connectivity index (χ1) is 10.7. The van der Waals surface area contributed by atoms with Gasteiger partial charge in [-0.3, -0.25) is 9.59 Å². The van der Waals surface area contributed by atoms with Crippen LogP contribution in [-0.4, -0.2) is 41.9 Å². The fraction of sp³-hybridized carbons (Fsp3) is 0.312. The van der Waals surface area contributed by atoms with E-state index in [1.54, 1.807) is 24.9 Å². The lowest BCUT2D eigenvalue weighted by molar-refractivity contribution is -0.122. The van der Waals surface area contributed by atoms with E-state index in [0.717, 1.165) is 16.7 Å². The Morgan fingerprint density at radius 1 is 1.23 bits per heavy atom. The molecule has 2 N–H and O–H groups in total. The average Bonchev–Trinajstić information content (AvgIpc) is 2.57. The molecule has 6 heteroatoms. The standard InChI is InChI=1S/C16H19N3O2S/c1-17-15(20)14(9-10-22-2)19-16(21)13-8-7-11-5-3-4-6-12(11)18-13/h3-8,14H,9-10H2,1-2H3,(H,17,20)(H,19,21)/t14-/m1/s1. The van der Waals surface area contributed by atoms with Gasteiger partial charge in [0.2, 0.25) is 5.91 Å². The molecule has 0 spiro atoms. The molecular weight excluding hydrogens is 298 g/mol. The molecule has 0 fully saturated rings. The van der Waals surface area contributed by atoms with Gasteiger partial charge < -0.3 is 10.6 Å². The molecule has 2 rings (SSSR count). The van der Waals surface area contributed by atoms with Gasteiger partial charge in [0.25, 0.3) is 5.91 Å². The SMILES string of the molecule is CNC(=O)[C@@H](CCSC)NC(=O)c1ccc2ccccc2n1. The van der Waals surface area contributed by atoms with Crippen LogP contribution in [0.4, 0.5) is 0 Å². The number of fused-ring (bicyclic) bond motifs is 1. The molecule has 1 aromatic carbocycles. The van der Waals surface area contributed by atoms with Gasteiger partial charge in [-0.05, 0) is 30.6 Å². The number of rotatable bonds is 6. The van der Waals surface area contributed by atoms with E-state index in [2.05, 4.69) is 15.6 Å². The van der Waals surface area contributed by atoms with Crippen molar-refractivity contribution in [2.75, 3.05) is 19.1 Å². The van der Waals surface area contributed by atoms with Gasteiger partial charge in [0, 0.05) is 12.4 Å². The van der Waals surface area contributed by atoms with Gasteiger partial charge in [-0.15, -0.1) is 0 Å². The number of hydrogen-bond donors (Lipinski definition) is 2. The monoisotopic (exact) mass is 317 g/mol. The summed E-state index contributed by atoms with van der Waals surface area (Å²) in [5, 5.41) is 6.31. The van der Waals surface area contributed by atoms with E-state index < -0.39 is 6.04 Å². The molecule has 1 aromatic heterocycles. The van der Waals surface area contributed by atoms with E-state index in [1.165, 1.54) is 0 Å². The van der Waals surface area contributed by atoms with E-state index in [0.29, 0.717) is 12.1 Å². The van der Waals surface area contributed by atoms with Crippen LogP contribution in [-0.2, 0) is 4.79 Å². The van der Waals surface area contributed by atoms with Crippen molar-refractivity contribution in [1.82, 2.24) is 15.6 Å². The largest absolute Gasteiger partial charge is 0.357 e. The van der Waals surface area contributed by atoms with Gasteiger partial charge >= 0.3 is 0 Å². The van der Waals surface area contributed by atoms with Crippen molar-refractivity contribution < 1.29 is 9.59 Å². The van der Waals surface area contributed by atoms with Gasteiger partial charge in [-0.2, -0.15) is 11.8 Å². The van der Waals surface area contributed by atoms with Crippen molar-refractivity contribution in [3.8, 4) is 0 Å². The minimum atomic E-state index is -0.543. The Bertz CT molecular complexity index is 675. The molecule has 0 bridgehead atoms. The van der Waals surface area contributed by atoms with E-state index >= 15 is 0 Å². The van der Waals surface area contributed by atoms with Crippen LogP contribution in [0.3, 0.4) is 0 Å². The lowest BCUT2D eigenvalue weighted by atomic mass is 10.1. The Hall–Kier alpha value is -2.08. The van der Waals surface area contributed by atoms with E-state index in [9.17, 15) is 9.59 Å². The minimum Gasteiger partial charge on any atom is -0.357 e. The highest BCUT2D eigenvalue weighted by molar-refractivity contribution is 7.98. The van der Waals surface area contributed by atoms with Crippen molar-refractivity contribution in [3.05, 3.63) is 42.1 Å². The predicted octanol–water partition coefficient (Wildman–Crippen LogP) is 1.83. The summed E-state index contributed by atoms with van der Waals surface area (Å²) in [5.41, 5.74) is 1.08. The summed E-state index contributed by atoms with van der Waals surface area (Å²) in [6.07, 6.45) is 2.55. The number of amides is 2. The first-order valence-corrected chi connectivity index (χ1v) is 8.42. The summed E-state index contributed by atoms with van der Waals surface area (Å²) >= 11 is 1.64. The second-order valence-electron chi connectivity index (χ2n) is 4.81. The first-order valence-electron chi connectivity index (χ1n) is 7.03. The number of nitrogens with zero attached hydrogens (tertiary/aromatic N) is 1.